The third-order valence-corrected chi connectivity index (χ3v) is 4.08. The van der Waals surface area contributed by atoms with Crippen LogP contribution >= 0.6 is 11.8 Å². The molecule has 1 aliphatic rings. The monoisotopic (exact) mass is 319 g/mol. The van der Waals surface area contributed by atoms with Gasteiger partial charge in [-0.25, -0.2) is 0 Å². The van der Waals surface area contributed by atoms with Crippen LogP contribution in [0.15, 0.2) is 44.7 Å². The molecule has 114 valence electrons. The molecule has 0 aliphatic carbocycles. The minimum Gasteiger partial charge on any atom is -0.481 e. The molecule has 0 bridgehead atoms. The van der Waals surface area contributed by atoms with Crippen molar-refractivity contribution in [2.24, 2.45) is 5.73 Å². The standard InChI is InChI=1S/C14H13N3O4S/c1-7-11(13(16)20)12(9-3-2-4-21-9)8(5-15)14(17-7)22-6-10(18)19/h2-4,12,17H,6H2,1H3,(H2,16,20)(H,18,19). The number of carboxylic acid groups (broad SMARTS) is 1. The average Bonchev–Trinajstić information content (AvgIpc) is 2.97. The molecule has 2 rings (SSSR count). The van der Waals surface area contributed by atoms with Crippen LogP contribution in [0.2, 0.25) is 0 Å². The lowest BCUT2D eigenvalue weighted by Gasteiger charge is -2.27. The molecule has 4 N–H and O–H groups in total. The summed E-state index contributed by atoms with van der Waals surface area (Å²) in [6.45, 7) is 1.64. The lowest BCUT2D eigenvalue weighted by atomic mass is 9.86. The smallest absolute Gasteiger partial charge is 0.313 e. The fourth-order valence-electron chi connectivity index (χ4n) is 2.23. The van der Waals surface area contributed by atoms with Gasteiger partial charge in [0.05, 0.1) is 40.2 Å². The van der Waals surface area contributed by atoms with E-state index in [9.17, 15) is 14.9 Å². The number of primary amides is 1. The minimum absolute atomic E-state index is 0.209. The summed E-state index contributed by atoms with van der Waals surface area (Å²) < 4.78 is 5.33. The summed E-state index contributed by atoms with van der Waals surface area (Å²) in [5.41, 5.74) is 6.34. The first-order valence-electron chi connectivity index (χ1n) is 6.25. The van der Waals surface area contributed by atoms with Crippen molar-refractivity contribution in [2.75, 3.05) is 5.75 Å². The van der Waals surface area contributed by atoms with Crippen LogP contribution in [0.1, 0.15) is 18.6 Å². The third kappa shape index (κ3) is 2.99. The van der Waals surface area contributed by atoms with Crippen LogP contribution in [0, 0.1) is 11.3 Å². The van der Waals surface area contributed by atoms with E-state index in [1.165, 1.54) is 6.26 Å². The molecule has 0 radical (unpaired) electrons. The first-order chi connectivity index (χ1) is 10.5. The second-order valence-electron chi connectivity index (χ2n) is 4.51. The third-order valence-electron chi connectivity index (χ3n) is 3.08. The number of nitrogens with one attached hydrogen (secondary N) is 1. The first kappa shape index (κ1) is 15.7. The van der Waals surface area contributed by atoms with Gasteiger partial charge in [-0.15, -0.1) is 0 Å². The number of aliphatic carboxylic acids is 1. The number of furan rings is 1. The van der Waals surface area contributed by atoms with Crippen LogP contribution in [-0.4, -0.2) is 22.7 Å². The van der Waals surface area contributed by atoms with Crippen molar-refractivity contribution < 1.29 is 19.1 Å². The maximum Gasteiger partial charge on any atom is 0.313 e. The summed E-state index contributed by atoms with van der Waals surface area (Å²) in [6, 6.07) is 5.31. The van der Waals surface area contributed by atoms with Gasteiger partial charge in [0.1, 0.15) is 5.76 Å². The van der Waals surface area contributed by atoms with Crippen LogP contribution in [0.25, 0.3) is 0 Å². The zero-order chi connectivity index (χ0) is 16.3. The quantitative estimate of drug-likeness (QED) is 0.745. The van der Waals surface area contributed by atoms with E-state index in [0.29, 0.717) is 16.5 Å². The molecule has 0 spiro atoms. The van der Waals surface area contributed by atoms with E-state index in [-0.39, 0.29) is 16.9 Å². The molecule has 22 heavy (non-hydrogen) atoms. The number of carboxylic acids is 1. The van der Waals surface area contributed by atoms with Crippen LogP contribution in [0.5, 0.6) is 0 Å². The van der Waals surface area contributed by atoms with Crippen LogP contribution in [-0.2, 0) is 9.59 Å². The predicted octanol–water partition coefficient (Wildman–Crippen LogP) is 1.28. The molecule has 1 aliphatic heterocycles. The molecule has 0 aromatic carbocycles. The number of hydrogen-bond acceptors (Lipinski definition) is 6. The average molecular weight is 319 g/mol. The molecule has 1 unspecified atom stereocenters. The number of nitrogens with zero attached hydrogens (tertiary/aromatic N) is 1. The van der Waals surface area contributed by atoms with Gasteiger partial charge in [0, 0.05) is 5.70 Å². The van der Waals surface area contributed by atoms with Gasteiger partial charge in [-0.3, -0.25) is 9.59 Å². The number of nitrogens with two attached hydrogens (primary N) is 1. The normalized spacial score (nSPS) is 17.9. The lowest BCUT2D eigenvalue weighted by molar-refractivity contribution is -0.133. The highest BCUT2D eigenvalue weighted by molar-refractivity contribution is 8.03. The number of carbonyl (C=O) groups excluding carboxylic acids is 1. The summed E-state index contributed by atoms with van der Waals surface area (Å²) in [5.74, 6) is -2.22. The number of rotatable bonds is 5. The second kappa shape index (κ2) is 6.41. The fourth-order valence-corrected chi connectivity index (χ4v) is 3.04. The summed E-state index contributed by atoms with van der Waals surface area (Å²) in [6.07, 6.45) is 1.43. The van der Waals surface area contributed by atoms with Gasteiger partial charge in [0.15, 0.2) is 0 Å². The highest BCUT2D eigenvalue weighted by Crippen LogP contribution is 2.40. The SMILES string of the molecule is CC1=C(C(N)=O)C(c2ccco2)C(C#N)=C(SCC(=O)O)N1. The van der Waals surface area contributed by atoms with Crippen molar-refractivity contribution in [2.45, 2.75) is 12.8 Å². The molecule has 0 saturated heterocycles. The van der Waals surface area contributed by atoms with Crippen molar-refractivity contribution in [1.29, 1.82) is 5.26 Å². The van der Waals surface area contributed by atoms with Crippen LogP contribution < -0.4 is 11.1 Å². The Kier molecular flexibility index (Phi) is 4.58. The topological polar surface area (TPSA) is 129 Å². The summed E-state index contributed by atoms with van der Waals surface area (Å²) in [4.78, 5) is 22.5. The molecule has 1 atom stereocenters. The van der Waals surface area contributed by atoms with Gasteiger partial charge in [-0.2, -0.15) is 5.26 Å². The zero-order valence-corrected chi connectivity index (χ0v) is 12.4. The molecular formula is C14H13N3O4S. The Bertz CT molecular complexity index is 713. The number of amides is 1. The number of thioether (sulfide) groups is 1. The predicted molar refractivity (Wildman–Crippen MR) is 79.2 cm³/mol. The van der Waals surface area contributed by atoms with Crippen molar-refractivity contribution in [3.63, 3.8) is 0 Å². The molecule has 2 heterocycles. The van der Waals surface area contributed by atoms with Gasteiger partial charge in [0.2, 0.25) is 5.91 Å². The van der Waals surface area contributed by atoms with E-state index in [4.69, 9.17) is 15.3 Å². The van der Waals surface area contributed by atoms with Gasteiger partial charge in [0.25, 0.3) is 0 Å². The molecule has 0 fully saturated rings. The fraction of sp³-hybridized carbons (Fsp3) is 0.214. The Morgan fingerprint density at radius 1 is 1.59 bits per heavy atom. The zero-order valence-electron chi connectivity index (χ0n) is 11.6. The van der Waals surface area contributed by atoms with E-state index in [0.717, 1.165) is 11.8 Å². The number of dihydropyridines is 1. The summed E-state index contributed by atoms with van der Waals surface area (Å²) in [5, 5.41) is 21.5. The van der Waals surface area contributed by atoms with Gasteiger partial charge < -0.3 is 20.6 Å². The Morgan fingerprint density at radius 3 is 2.82 bits per heavy atom. The highest BCUT2D eigenvalue weighted by Gasteiger charge is 2.35. The Morgan fingerprint density at radius 2 is 2.32 bits per heavy atom. The van der Waals surface area contributed by atoms with E-state index in [2.05, 4.69) is 5.32 Å². The number of nitriles is 1. The minimum atomic E-state index is -1.01. The van der Waals surface area contributed by atoms with E-state index < -0.39 is 17.8 Å². The molecule has 0 saturated carbocycles. The maximum absolute atomic E-state index is 11.8. The Hall–Kier alpha value is -2.66. The summed E-state index contributed by atoms with van der Waals surface area (Å²) in [7, 11) is 0. The van der Waals surface area contributed by atoms with Crippen LogP contribution in [0.4, 0.5) is 0 Å². The van der Waals surface area contributed by atoms with Crippen molar-refractivity contribution >= 4 is 23.6 Å². The number of allylic oxidation sites excluding steroid dienone is 2. The van der Waals surface area contributed by atoms with Gasteiger partial charge >= 0.3 is 5.97 Å². The molecule has 1 amide bonds. The molecule has 1 aromatic heterocycles. The second-order valence-corrected chi connectivity index (χ2v) is 5.50. The molecule has 7 nitrogen and oxygen atoms in total. The lowest BCUT2D eigenvalue weighted by Crippen LogP contribution is -2.31. The highest BCUT2D eigenvalue weighted by atomic mass is 32.2. The number of hydrogen-bond donors (Lipinski definition) is 3. The van der Waals surface area contributed by atoms with Gasteiger partial charge in [-0.1, -0.05) is 11.8 Å². The van der Waals surface area contributed by atoms with E-state index in [1.807, 2.05) is 6.07 Å². The van der Waals surface area contributed by atoms with E-state index >= 15 is 0 Å². The molecule has 8 heteroatoms. The summed E-state index contributed by atoms with van der Waals surface area (Å²) >= 11 is 0.975. The largest absolute Gasteiger partial charge is 0.481 e. The maximum atomic E-state index is 11.8. The van der Waals surface area contributed by atoms with Crippen molar-refractivity contribution in [3.05, 3.63) is 46.0 Å². The van der Waals surface area contributed by atoms with Crippen LogP contribution in [0.3, 0.4) is 0 Å². The van der Waals surface area contributed by atoms with E-state index in [1.54, 1.807) is 19.1 Å². The Balaban J connectivity index is 2.52. The molecule has 1 aromatic rings. The molecular weight excluding hydrogens is 306 g/mol. The van der Waals surface area contributed by atoms with Crippen molar-refractivity contribution in [1.82, 2.24) is 5.32 Å². The Labute approximate surface area is 130 Å². The number of carbonyl (C=O) groups is 2. The van der Waals surface area contributed by atoms with Crippen molar-refractivity contribution in [3.8, 4) is 6.07 Å². The van der Waals surface area contributed by atoms with Gasteiger partial charge in [-0.05, 0) is 19.1 Å². The first-order valence-corrected chi connectivity index (χ1v) is 7.24.